The Hall–Kier alpha value is -1.41. The molecule has 1 aliphatic rings. The molecule has 0 atom stereocenters. The van der Waals surface area contributed by atoms with Gasteiger partial charge in [-0.15, -0.1) is 11.3 Å². The minimum atomic E-state index is 0.218. The third-order valence-corrected chi connectivity index (χ3v) is 6.43. The number of ketones is 1. The molecular formula is C19H22OS. The van der Waals surface area contributed by atoms with E-state index in [1.807, 2.05) is 0 Å². The number of thiophene rings is 1. The summed E-state index contributed by atoms with van der Waals surface area (Å²) in [5.74, 6) is 0.218. The molecule has 3 rings (SSSR count). The lowest BCUT2D eigenvalue weighted by molar-refractivity contribution is 0.104. The first-order valence-electron chi connectivity index (χ1n) is 7.65. The summed E-state index contributed by atoms with van der Waals surface area (Å²) in [7, 11) is 0. The first kappa shape index (κ1) is 14.5. The van der Waals surface area contributed by atoms with Crippen LogP contribution >= 0.6 is 11.3 Å². The van der Waals surface area contributed by atoms with Gasteiger partial charge in [0, 0.05) is 10.4 Å². The molecule has 110 valence electrons. The van der Waals surface area contributed by atoms with Crippen molar-refractivity contribution >= 4 is 17.1 Å². The average Bonchev–Trinajstić information content (AvgIpc) is 3.04. The van der Waals surface area contributed by atoms with E-state index in [1.54, 1.807) is 11.3 Å². The topological polar surface area (TPSA) is 17.1 Å². The first-order valence-corrected chi connectivity index (χ1v) is 8.46. The van der Waals surface area contributed by atoms with Gasteiger partial charge in [0.25, 0.3) is 0 Å². The number of benzene rings is 1. The van der Waals surface area contributed by atoms with Gasteiger partial charge in [-0.3, -0.25) is 4.79 Å². The third-order valence-electron chi connectivity index (χ3n) is 5.20. The Morgan fingerprint density at radius 2 is 1.48 bits per heavy atom. The average molecular weight is 298 g/mol. The number of fused-ring (bicyclic) bond motifs is 1. The van der Waals surface area contributed by atoms with Crippen LogP contribution in [0.1, 0.15) is 59.9 Å². The summed E-state index contributed by atoms with van der Waals surface area (Å²) in [6.45, 7) is 10.6. The largest absolute Gasteiger partial charge is 0.288 e. The van der Waals surface area contributed by atoms with Crippen molar-refractivity contribution in [2.45, 2.75) is 53.9 Å². The van der Waals surface area contributed by atoms with Crippen molar-refractivity contribution in [1.29, 1.82) is 0 Å². The molecule has 0 amide bonds. The van der Waals surface area contributed by atoms with E-state index in [4.69, 9.17) is 0 Å². The van der Waals surface area contributed by atoms with Crippen LogP contribution in [0.5, 0.6) is 0 Å². The quantitative estimate of drug-likeness (QED) is 0.712. The van der Waals surface area contributed by atoms with Gasteiger partial charge in [-0.2, -0.15) is 0 Å². The standard InChI is InChI=1S/C19H22OS/c1-10-11(2)13(4)18(14(5)12(10)3)19(20)17-9-15-7-6-8-16(15)21-17/h9H,6-8H2,1-5H3. The number of aryl methyl sites for hydroxylation is 2. The van der Waals surface area contributed by atoms with E-state index in [1.165, 1.54) is 33.6 Å². The lowest BCUT2D eigenvalue weighted by Crippen LogP contribution is -2.09. The molecule has 1 aromatic heterocycles. The molecule has 0 bridgehead atoms. The van der Waals surface area contributed by atoms with Crippen LogP contribution in [0.25, 0.3) is 0 Å². The third kappa shape index (κ3) is 2.17. The van der Waals surface area contributed by atoms with Crippen molar-refractivity contribution in [3.63, 3.8) is 0 Å². The van der Waals surface area contributed by atoms with E-state index < -0.39 is 0 Å². The van der Waals surface area contributed by atoms with Crippen molar-refractivity contribution in [1.82, 2.24) is 0 Å². The minimum Gasteiger partial charge on any atom is -0.288 e. The van der Waals surface area contributed by atoms with Crippen molar-refractivity contribution in [2.24, 2.45) is 0 Å². The van der Waals surface area contributed by atoms with Gasteiger partial charge in [-0.25, -0.2) is 0 Å². The highest BCUT2D eigenvalue weighted by Gasteiger charge is 2.23. The van der Waals surface area contributed by atoms with Crippen molar-refractivity contribution in [3.8, 4) is 0 Å². The van der Waals surface area contributed by atoms with Gasteiger partial charge in [0.1, 0.15) is 0 Å². The van der Waals surface area contributed by atoms with Gasteiger partial charge < -0.3 is 0 Å². The number of carbonyl (C=O) groups excluding carboxylic acids is 1. The van der Waals surface area contributed by atoms with Gasteiger partial charge >= 0.3 is 0 Å². The highest BCUT2D eigenvalue weighted by atomic mass is 32.1. The monoisotopic (exact) mass is 298 g/mol. The Kier molecular flexibility index (Phi) is 3.53. The van der Waals surface area contributed by atoms with Gasteiger partial charge in [-0.1, -0.05) is 0 Å². The lowest BCUT2D eigenvalue weighted by atomic mass is 9.87. The molecule has 0 saturated heterocycles. The second-order valence-corrected chi connectivity index (χ2v) is 7.38. The Morgan fingerprint density at radius 3 is 2.05 bits per heavy atom. The summed E-state index contributed by atoms with van der Waals surface area (Å²) in [6.07, 6.45) is 3.54. The van der Waals surface area contributed by atoms with Crippen LogP contribution in [0.4, 0.5) is 0 Å². The molecule has 1 heterocycles. The molecule has 0 N–H and O–H groups in total. The molecule has 1 nitrogen and oxygen atoms in total. The zero-order valence-corrected chi connectivity index (χ0v) is 14.3. The van der Waals surface area contributed by atoms with Crippen molar-refractivity contribution in [2.75, 3.05) is 0 Å². The fourth-order valence-corrected chi connectivity index (χ4v) is 4.60. The molecule has 2 heteroatoms. The molecule has 0 fully saturated rings. The summed E-state index contributed by atoms with van der Waals surface area (Å²) in [5.41, 5.74) is 8.45. The van der Waals surface area contributed by atoms with E-state index in [0.29, 0.717) is 0 Å². The Morgan fingerprint density at radius 1 is 0.905 bits per heavy atom. The number of hydrogen-bond donors (Lipinski definition) is 0. The predicted molar refractivity (Wildman–Crippen MR) is 89.9 cm³/mol. The predicted octanol–water partition coefficient (Wildman–Crippen LogP) is 5.01. The second-order valence-electron chi connectivity index (χ2n) is 6.24. The highest BCUT2D eigenvalue weighted by Crippen LogP contribution is 2.34. The van der Waals surface area contributed by atoms with Crippen LogP contribution in [0, 0.1) is 34.6 Å². The van der Waals surface area contributed by atoms with E-state index in [-0.39, 0.29) is 5.78 Å². The fourth-order valence-electron chi connectivity index (χ4n) is 3.40. The summed E-state index contributed by atoms with van der Waals surface area (Å²) < 4.78 is 0. The van der Waals surface area contributed by atoms with Crippen molar-refractivity contribution in [3.05, 3.63) is 54.8 Å². The Labute approximate surface area is 131 Å². The van der Waals surface area contributed by atoms with Gasteiger partial charge in [0.05, 0.1) is 4.88 Å². The summed E-state index contributed by atoms with van der Waals surface area (Å²) in [5, 5.41) is 0. The summed E-state index contributed by atoms with van der Waals surface area (Å²) in [4.78, 5) is 15.4. The molecule has 2 aromatic rings. The number of hydrogen-bond acceptors (Lipinski definition) is 2. The fraction of sp³-hybridized carbons (Fsp3) is 0.421. The number of carbonyl (C=O) groups is 1. The zero-order valence-electron chi connectivity index (χ0n) is 13.5. The first-order chi connectivity index (χ1) is 9.91. The maximum absolute atomic E-state index is 13.0. The molecule has 1 aliphatic carbocycles. The second kappa shape index (κ2) is 5.10. The number of rotatable bonds is 2. The SMILES string of the molecule is Cc1c(C)c(C)c(C(=O)c2cc3c(s2)CCC3)c(C)c1C. The van der Waals surface area contributed by atoms with Crippen LogP contribution in [0.2, 0.25) is 0 Å². The van der Waals surface area contributed by atoms with E-state index in [0.717, 1.165) is 34.4 Å². The van der Waals surface area contributed by atoms with Crippen LogP contribution in [-0.4, -0.2) is 5.78 Å². The summed E-state index contributed by atoms with van der Waals surface area (Å²) >= 11 is 1.71. The van der Waals surface area contributed by atoms with Crippen LogP contribution in [0.15, 0.2) is 6.07 Å². The molecule has 0 unspecified atom stereocenters. The van der Waals surface area contributed by atoms with Gasteiger partial charge in [-0.05, 0) is 93.3 Å². The Balaban J connectivity index is 2.13. The van der Waals surface area contributed by atoms with Crippen molar-refractivity contribution < 1.29 is 4.79 Å². The van der Waals surface area contributed by atoms with E-state index in [2.05, 4.69) is 40.7 Å². The van der Waals surface area contributed by atoms with Gasteiger partial charge in [0.15, 0.2) is 0 Å². The molecule has 1 aromatic carbocycles. The molecule has 0 aliphatic heterocycles. The molecule has 0 saturated carbocycles. The van der Waals surface area contributed by atoms with Crippen LogP contribution < -0.4 is 0 Å². The van der Waals surface area contributed by atoms with E-state index in [9.17, 15) is 4.79 Å². The van der Waals surface area contributed by atoms with Gasteiger partial charge in [0.2, 0.25) is 5.78 Å². The Bertz CT molecular complexity index is 699. The normalized spacial score (nSPS) is 13.6. The van der Waals surface area contributed by atoms with Crippen LogP contribution in [-0.2, 0) is 12.8 Å². The molecular weight excluding hydrogens is 276 g/mol. The minimum absolute atomic E-state index is 0.218. The maximum atomic E-state index is 13.0. The highest BCUT2D eigenvalue weighted by molar-refractivity contribution is 7.14. The smallest absolute Gasteiger partial charge is 0.203 e. The lowest BCUT2D eigenvalue weighted by Gasteiger charge is -2.17. The zero-order chi connectivity index (χ0) is 15.3. The van der Waals surface area contributed by atoms with Crippen LogP contribution in [0.3, 0.4) is 0 Å². The summed E-state index contributed by atoms with van der Waals surface area (Å²) in [6, 6.07) is 2.14. The molecule has 0 spiro atoms. The maximum Gasteiger partial charge on any atom is 0.203 e. The van der Waals surface area contributed by atoms with E-state index >= 15 is 0 Å². The molecule has 21 heavy (non-hydrogen) atoms. The molecule has 0 radical (unpaired) electrons.